The van der Waals surface area contributed by atoms with E-state index in [0.717, 1.165) is 22.1 Å². The minimum absolute atomic E-state index is 0.0845. The second-order valence-corrected chi connectivity index (χ2v) is 8.21. The first-order valence-electron chi connectivity index (χ1n) is 9.68. The van der Waals surface area contributed by atoms with Crippen LogP contribution in [0.2, 0.25) is 0 Å². The van der Waals surface area contributed by atoms with Gasteiger partial charge in [-0.3, -0.25) is 4.79 Å². The van der Waals surface area contributed by atoms with Crippen molar-refractivity contribution in [2.24, 2.45) is 0 Å². The van der Waals surface area contributed by atoms with Crippen molar-refractivity contribution in [3.8, 4) is 0 Å². The van der Waals surface area contributed by atoms with Crippen molar-refractivity contribution in [3.63, 3.8) is 0 Å². The molecular formula is C22H23N5OS. The van der Waals surface area contributed by atoms with Gasteiger partial charge in [0.2, 0.25) is 5.91 Å². The Morgan fingerprint density at radius 3 is 2.59 bits per heavy atom. The molecule has 0 saturated heterocycles. The Bertz CT molecular complexity index is 1160. The highest BCUT2D eigenvalue weighted by molar-refractivity contribution is 8.00. The zero-order valence-electron chi connectivity index (χ0n) is 16.7. The van der Waals surface area contributed by atoms with Gasteiger partial charge in [-0.25, -0.2) is 9.97 Å². The molecule has 0 aliphatic rings. The number of amides is 1. The van der Waals surface area contributed by atoms with Gasteiger partial charge in [-0.2, -0.15) is 4.52 Å². The molecule has 148 valence electrons. The topological polar surface area (TPSA) is 63.4 Å². The average molecular weight is 406 g/mol. The van der Waals surface area contributed by atoms with Crippen molar-refractivity contribution in [1.29, 1.82) is 0 Å². The van der Waals surface area contributed by atoms with Crippen LogP contribution in [0.1, 0.15) is 25.2 Å². The third-order valence-electron chi connectivity index (χ3n) is 4.79. The quantitative estimate of drug-likeness (QED) is 0.357. The average Bonchev–Trinajstić information content (AvgIpc) is 3.14. The number of aromatic nitrogens is 4. The molecule has 4 rings (SSSR count). The van der Waals surface area contributed by atoms with Crippen LogP contribution in [-0.2, 0) is 11.3 Å². The Morgan fingerprint density at radius 1 is 1.10 bits per heavy atom. The van der Waals surface area contributed by atoms with Gasteiger partial charge in [-0.05, 0) is 38.5 Å². The molecule has 1 amide bonds. The van der Waals surface area contributed by atoms with E-state index in [-0.39, 0.29) is 11.2 Å². The lowest BCUT2D eigenvalue weighted by Gasteiger charge is -2.24. The SMILES string of the molecule is CCN(Cc1ccccc1)C(=O)C(C)Sc1nc2ccccc2c2nc(C)nn12. The molecule has 2 aromatic carbocycles. The first kappa shape index (κ1) is 19.4. The molecule has 6 nitrogen and oxygen atoms in total. The number of nitrogens with zero attached hydrogens (tertiary/aromatic N) is 5. The largest absolute Gasteiger partial charge is 0.338 e. The number of hydrogen-bond acceptors (Lipinski definition) is 5. The Labute approximate surface area is 174 Å². The van der Waals surface area contributed by atoms with Crippen LogP contribution >= 0.6 is 11.8 Å². The summed E-state index contributed by atoms with van der Waals surface area (Å²) in [4.78, 5) is 24.3. The maximum atomic E-state index is 13.1. The molecule has 2 heterocycles. The molecule has 4 aromatic rings. The van der Waals surface area contributed by atoms with Gasteiger partial charge in [0.25, 0.3) is 0 Å². The number of para-hydroxylation sites is 1. The number of thioether (sulfide) groups is 1. The number of aryl methyl sites for hydroxylation is 1. The number of carbonyl (C=O) groups excluding carboxylic acids is 1. The molecule has 1 atom stereocenters. The molecule has 0 spiro atoms. The van der Waals surface area contributed by atoms with E-state index in [2.05, 4.69) is 10.1 Å². The minimum Gasteiger partial charge on any atom is -0.338 e. The molecule has 0 bridgehead atoms. The predicted molar refractivity (Wildman–Crippen MR) is 116 cm³/mol. The zero-order chi connectivity index (χ0) is 20.4. The van der Waals surface area contributed by atoms with Crippen LogP contribution in [0.3, 0.4) is 0 Å². The first-order valence-corrected chi connectivity index (χ1v) is 10.6. The summed E-state index contributed by atoms with van der Waals surface area (Å²) in [5, 5.41) is 5.85. The van der Waals surface area contributed by atoms with Gasteiger partial charge in [0.05, 0.1) is 10.8 Å². The number of hydrogen-bond donors (Lipinski definition) is 0. The Hall–Kier alpha value is -2.93. The lowest BCUT2D eigenvalue weighted by molar-refractivity contribution is -0.130. The van der Waals surface area contributed by atoms with Gasteiger partial charge < -0.3 is 4.90 Å². The highest BCUT2D eigenvalue weighted by Gasteiger charge is 2.23. The van der Waals surface area contributed by atoms with E-state index in [0.29, 0.717) is 24.1 Å². The molecule has 0 fully saturated rings. The maximum absolute atomic E-state index is 13.1. The number of benzene rings is 2. The fourth-order valence-corrected chi connectivity index (χ4v) is 4.27. The fraction of sp³-hybridized carbons (Fsp3) is 0.273. The third-order valence-corrected chi connectivity index (χ3v) is 5.83. The first-order chi connectivity index (χ1) is 14.1. The summed E-state index contributed by atoms with van der Waals surface area (Å²) in [6.07, 6.45) is 0. The number of fused-ring (bicyclic) bond motifs is 3. The monoisotopic (exact) mass is 405 g/mol. The van der Waals surface area contributed by atoms with E-state index >= 15 is 0 Å². The van der Waals surface area contributed by atoms with Crippen molar-refractivity contribution >= 4 is 34.2 Å². The van der Waals surface area contributed by atoms with E-state index in [9.17, 15) is 4.79 Å². The predicted octanol–water partition coefficient (Wildman–Crippen LogP) is 4.12. The highest BCUT2D eigenvalue weighted by atomic mass is 32.2. The van der Waals surface area contributed by atoms with Crippen LogP contribution < -0.4 is 0 Å². The molecule has 7 heteroatoms. The van der Waals surface area contributed by atoms with Crippen LogP contribution in [0.5, 0.6) is 0 Å². The second-order valence-electron chi connectivity index (χ2n) is 6.90. The van der Waals surface area contributed by atoms with E-state index in [1.807, 2.05) is 80.3 Å². The van der Waals surface area contributed by atoms with E-state index in [4.69, 9.17) is 4.98 Å². The van der Waals surface area contributed by atoms with Crippen LogP contribution in [-0.4, -0.2) is 42.2 Å². The Balaban J connectivity index is 1.62. The van der Waals surface area contributed by atoms with Gasteiger partial charge in [-0.1, -0.05) is 54.2 Å². The van der Waals surface area contributed by atoms with Gasteiger partial charge in [-0.15, -0.1) is 5.10 Å². The molecule has 0 N–H and O–H groups in total. The summed E-state index contributed by atoms with van der Waals surface area (Å²) in [6.45, 7) is 7.05. The smallest absolute Gasteiger partial charge is 0.236 e. The lowest BCUT2D eigenvalue weighted by atomic mass is 10.2. The summed E-state index contributed by atoms with van der Waals surface area (Å²) in [5.41, 5.74) is 2.75. The van der Waals surface area contributed by atoms with Gasteiger partial charge in [0.15, 0.2) is 10.8 Å². The van der Waals surface area contributed by atoms with Crippen LogP contribution in [0.25, 0.3) is 16.6 Å². The third kappa shape index (κ3) is 3.96. The van der Waals surface area contributed by atoms with E-state index < -0.39 is 0 Å². The van der Waals surface area contributed by atoms with Gasteiger partial charge in [0, 0.05) is 18.5 Å². The molecule has 0 radical (unpaired) electrons. The molecule has 0 aliphatic carbocycles. The summed E-state index contributed by atoms with van der Waals surface area (Å²) >= 11 is 1.42. The number of rotatable bonds is 6. The Morgan fingerprint density at radius 2 is 1.83 bits per heavy atom. The molecule has 0 aliphatic heterocycles. The molecular weight excluding hydrogens is 382 g/mol. The second kappa shape index (κ2) is 8.21. The minimum atomic E-state index is -0.292. The maximum Gasteiger partial charge on any atom is 0.236 e. The van der Waals surface area contributed by atoms with Gasteiger partial charge in [0.1, 0.15) is 5.82 Å². The van der Waals surface area contributed by atoms with Crippen LogP contribution in [0, 0.1) is 6.92 Å². The summed E-state index contributed by atoms with van der Waals surface area (Å²) in [7, 11) is 0. The van der Waals surface area contributed by atoms with Crippen molar-refractivity contribution in [1.82, 2.24) is 24.5 Å². The van der Waals surface area contributed by atoms with Crippen LogP contribution in [0.4, 0.5) is 0 Å². The van der Waals surface area contributed by atoms with Gasteiger partial charge >= 0.3 is 0 Å². The highest BCUT2D eigenvalue weighted by Crippen LogP contribution is 2.27. The van der Waals surface area contributed by atoms with Crippen molar-refractivity contribution < 1.29 is 4.79 Å². The van der Waals surface area contributed by atoms with E-state index in [1.165, 1.54) is 11.8 Å². The normalized spacial score (nSPS) is 12.4. The molecule has 2 aromatic heterocycles. The zero-order valence-corrected chi connectivity index (χ0v) is 17.6. The summed E-state index contributed by atoms with van der Waals surface area (Å²) in [6, 6.07) is 17.9. The van der Waals surface area contributed by atoms with Crippen molar-refractivity contribution in [3.05, 3.63) is 66.0 Å². The molecule has 1 unspecified atom stereocenters. The van der Waals surface area contributed by atoms with Crippen molar-refractivity contribution in [2.45, 2.75) is 37.7 Å². The molecule has 0 saturated carbocycles. The van der Waals surface area contributed by atoms with Crippen LogP contribution in [0.15, 0.2) is 59.8 Å². The van der Waals surface area contributed by atoms with Crippen molar-refractivity contribution in [2.75, 3.05) is 6.54 Å². The Kier molecular flexibility index (Phi) is 5.49. The standard InChI is InChI=1S/C22H23N5OS/c1-4-26(14-17-10-6-5-7-11-17)21(28)15(2)29-22-24-19-13-9-8-12-18(19)20-23-16(3)25-27(20)22/h5-13,15H,4,14H2,1-3H3. The fourth-order valence-electron chi connectivity index (χ4n) is 3.32. The summed E-state index contributed by atoms with van der Waals surface area (Å²) in [5.74, 6) is 0.768. The molecule has 29 heavy (non-hydrogen) atoms. The van der Waals surface area contributed by atoms with E-state index in [1.54, 1.807) is 4.52 Å². The summed E-state index contributed by atoms with van der Waals surface area (Å²) < 4.78 is 1.75. The number of carbonyl (C=O) groups is 1. The lowest BCUT2D eigenvalue weighted by Crippen LogP contribution is -2.36.